The van der Waals surface area contributed by atoms with Crippen LogP contribution in [-0.4, -0.2) is 53.1 Å². The fourth-order valence-electron chi connectivity index (χ4n) is 7.83. The molecule has 3 nitrogen and oxygen atoms in total. The molecular formula is C29H44F3NO2. The largest absolute Gasteiger partial charge is 0.392 e. The highest BCUT2D eigenvalue weighted by Crippen LogP contribution is 2.59. The summed E-state index contributed by atoms with van der Waals surface area (Å²) in [4.78, 5) is 2.26. The van der Waals surface area contributed by atoms with Gasteiger partial charge in [-0.3, -0.25) is 0 Å². The first kappa shape index (κ1) is 26.9. The Balaban J connectivity index is 1.41. The molecule has 1 unspecified atom stereocenters. The van der Waals surface area contributed by atoms with Crippen LogP contribution < -0.4 is 0 Å². The molecule has 1 saturated heterocycles. The second-order valence-electron chi connectivity index (χ2n) is 12.2. The van der Waals surface area contributed by atoms with Crippen molar-refractivity contribution in [2.24, 2.45) is 35.0 Å². The van der Waals surface area contributed by atoms with Crippen molar-refractivity contribution in [3.8, 4) is 0 Å². The van der Waals surface area contributed by atoms with Crippen molar-refractivity contribution in [3.05, 3.63) is 35.5 Å². The number of alkyl halides is 3. The summed E-state index contributed by atoms with van der Waals surface area (Å²) in [5.41, 5.74) is 3.38. The summed E-state index contributed by atoms with van der Waals surface area (Å²) in [5, 5.41) is 20.7. The van der Waals surface area contributed by atoms with Gasteiger partial charge in [0.1, 0.15) is 0 Å². The molecule has 7 atom stereocenters. The molecule has 0 aromatic heterocycles. The number of hydrogen-bond acceptors (Lipinski definition) is 3. The number of hydrogen-bond donors (Lipinski definition) is 2. The van der Waals surface area contributed by atoms with Crippen molar-refractivity contribution in [1.29, 1.82) is 0 Å². The molecule has 4 aliphatic rings. The smallest absolute Gasteiger partial charge is 0.391 e. The van der Waals surface area contributed by atoms with E-state index < -0.39 is 24.3 Å². The fourth-order valence-corrected chi connectivity index (χ4v) is 7.83. The van der Waals surface area contributed by atoms with Gasteiger partial charge in [-0.15, -0.1) is 0 Å². The number of aliphatic hydroxyl groups is 2. The maximum atomic E-state index is 13.1. The van der Waals surface area contributed by atoms with Gasteiger partial charge in [0.05, 0.1) is 18.1 Å². The molecule has 0 aromatic rings. The van der Waals surface area contributed by atoms with Crippen molar-refractivity contribution in [2.45, 2.75) is 90.5 Å². The Morgan fingerprint density at radius 2 is 1.83 bits per heavy atom. The van der Waals surface area contributed by atoms with Crippen LogP contribution in [-0.2, 0) is 0 Å². The summed E-state index contributed by atoms with van der Waals surface area (Å²) in [7, 11) is 0. The van der Waals surface area contributed by atoms with Crippen LogP contribution in [0.4, 0.5) is 13.2 Å². The molecule has 0 radical (unpaired) electrons. The molecular weight excluding hydrogens is 451 g/mol. The van der Waals surface area contributed by atoms with E-state index in [0.29, 0.717) is 37.3 Å². The third-order valence-electron chi connectivity index (χ3n) is 10.1. The molecule has 1 aliphatic heterocycles. The lowest BCUT2D eigenvalue weighted by atomic mass is 9.61. The molecule has 0 bridgehead atoms. The highest BCUT2D eigenvalue weighted by molar-refractivity contribution is 5.39. The molecule has 2 N–H and O–H groups in total. The van der Waals surface area contributed by atoms with Gasteiger partial charge in [-0.05, 0) is 98.8 Å². The molecule has 35 heavy (non-hydrogen) atoms. The zero-order chi connectivity index (χ0) is 25.5. The predicted molar refractivity (Wildman–Crippen MR) is 134 cm³/mol. The third-order valence-corrected chi connectivity index (χ3v) is 10.1. The summed E-state index contributed by atoms with van der Waals surface area (Å²) in [6, 6.07) is 0. The Morgan fingerprint density at radius 1 is 1.14 bits per heavy atom. The third kappa shape index (κ3) is 5.45. The van der Waals surface area contributed by atoms with Crippen molar-refractivity contribution in [3.63, 3.8) is 0 Å². The van der Waals surface area contributed by atoms with Crippen LogP contribution in [0.3, 0.4) is 0 Å². The number of aliphatic hydroxyl groups excluding tert-OH is 2. The number of nitrogens with zero attached hydrogens (tertiary/aromatic N) is 1. The van der Waals surface area contributed by atoms with Gasteiger partial charge in [0, 0.05) is 12.5 Å². The van der Waals surface area contributed by atoms with Crippen LogP contribution in [0, 0.1) is 35.0 Å². The molecule has 0 aromatic carbocycles. The van der Waals surface area contributed by atoms with Crippen LogP contribution in [0.5, 0.6) is 0 Å². The summed E-state index contributed by atoms with van der Waals surface area (Å²) >= 11 is 0. The lowest BCUT2D eigenvalue weighted by molar-refractivity contribution is -0.185. The van der Waals surface area contributed by atoms with Crippen LogP contribution in [0.2, 0.25) is 0 Å². The Bertz CT molecular complexity index is 841. The SMILES string of the molecule is C=C1/C(=C\C=C2/CCC[C@]3(C)[C@@H](C(C)CN4CCC(C(F)(F)F)CC4)CC[C@@H]23)C[C@@H](O)[C@H](C)[C@@H]1O. The Kier molecular flexibility index (Phi) is 7.95. The van der Waals surface area contributed by atoms with Gasteiger partial charge in [-0.1, -0.05) is 45.1 Å². The van der Waals surface area contributed by atoms with Crippen LogP contribution in [0.15, 0.2) is 35.5 Å². The first-order valence-corrected chi connectivity index (χ1v) is 13.7. The standard InChI is InChI=1S/C29H44F3NO2/c1-18(17-33-14-11-23(12-15-33)29(30,31)32)24-9-10-25-21(6-5-13-28(24,25)4)7-8-22-16-26(34)20(3)27(35)19(22)2/h7-8,18,20,23-27,34-35H,2,5-6,9-17H2,1,3-4H3/b21-7+,22-8-/t18?,20-,24+,25-,26+,27+,28+/m0/s1. The normalized spacial score (nSPS) is 40.9. The number of fused-ring (bicyclic) bond motifs is 1. The number of rotatable bonds is 4. The van der Waals surface area contributed by atoms with Gasteiger partial charge in [0.25, 0.3) is 0 Å². The van der Waals surface area contributed by atoms with E-state index in [2.05, 4.69) is 37.5 Å². The fraction of sp³-hybridized carbons (Fsp3) is 0.793. The minimum atomic E-state index is -4.05. The predicted octanol–water partition coefficient (Wildman–Crippen LogP) is 6.28. The molecule has 198 valence electrons. The Hall–Kier alpha value is -1.11. The molecule has 4 fully saturated rings. The summed E-state index contributed by atoms with van der Waals surface area (Å²) in [6.45, 7) is 12.7. The second-order valence-corrected chi connectivity index (χ2v) is 12.2. The monoisotopic (exact) mass is 495 g/mol. The van der Waals surface area contributed by atoms with E-state index in [9.17, 15) is 23.4 Å². The van der Waals surface area contributed by atoms with Gasteiger partial charge >= 0.3 is 6.18 Å². The Morgan fingerprint density at radius 3 is 2.49 bits per heavy atom. The summed E-state index contributed by atoms with van der Waals surface area (Å²) in [5.74, 6) is 0.255. The van der Waals surface area contributed by atoms with E-state index in [1.54, 1.807) is 0 Å². The van der Waals surface area contributed by atoms with Crippen molar-refractivity contribution >= 4 is 0 Å². The minimum Gasteiger partial charge on any atom is -0.392 e. The van der Waals surface area contributed by atoms with Crippen LogP contribution in [0.1, 0.15) is 72.1 Å². The highest BCUT2D eigenvalue weighted by atomic mass is 19.4. The van der Waals surface area contributed by atoms with Gasteiger partial charge in [-0.25, -0.2) is 0 Å². The summed E-state index contributed by atoms with van der Waals surface area (Å²) < 4.78 is 39.2. The maximum absolute atomic E-state index is 13.1. The average Bonchev–Trinajstić information content (AvgIpc) is 3.16. The molecule has 1 heterocycles. The first-order chi connectivity index (χ1) is 16.4. The van der Waals surface area contributed by atoms with Gasteiger partial charge in [0.15, 0.2) is 0 Å². The highest BCUT2D eigenvalue weighted by Gasteiger charge is 2.51. The molecule has 0 spiro atoms. The lowest BCUT2D eigenvalue weighted by Gasteiger charge is -2.45. The van der Waals surface area contributed by atoms with Gasteiger partial charge < -0.3 is 15.1 Å². The lowest BCUT2D eigenvalue weighted by Crippen LogP contribution is -2.44. The molecule has 3 saturated carbocycles. The van der Waals surface area contributed by atoms with Crippen molar-refractivity contribution in [1.82, 2.24) is 4.90 Å². The van der Waals surface area contributed by atoms with Crippen molar-refractivity contribution < 1.29 is 23.4 Å². The molecule has 6 heteroatoms. The van der Waals surface area contributed by atoms with E-state index in [1.165, 1.54) is 24.8 Å². The topological polar surface area (TPSA) is 43.7 Å². The van der Waals surface area contributed by atoms with E-state index in [1.807, 2.05) is 6.92 Å². The second kappa shape index (κ2) is 10.3. The van der Waals surface area contributed by atoms with Gasteiger partial charge in [-0.2, -0.15) is 13.2 Å². The van der Waals surface area contributed by atoms with E-state index >= 15 is 0 Å². The summed E-state index contributed by atoms with van der Waals surface area (Å²) in [6.07, 6.45) is 5.83. The average molecular weight is 496 g/mol. The number of halogens is 3. The molecule has 4 rings (SSSR count). The maximum Gasteiger partial charge on any atom is 0.391 e. The van der Waals surface area contributed by atoms with Crippen LogP contribution in [0.25, 0.3) is 0 Å². The number of likely N-dealkylation sites (tertiary alicyclic amines) is 1. The van der Waals surface area contributed by atoms with E-state index in [4.69, 9.17) is 0 Å². The zero-order valence-corrected chi connectivity index (χ0v) is 21.7. The number of piperidine rings is 1. The Labute approximate surface area is 209 Å². The van der Waals surface area contributed by atoms with Crippen molar-refractivity contribution in [2.75, 3.05) is 19.6 Å². The van der Waals surface area contributed by atoms with Gasteiger partial charge in [0.2, 0.25) is 0 Å². The number of allylic oxidation sites excluding steroid dienone is 3. The first-order valence-electron chi connectivity index (χ1n) is 13.7. The van der Waals surface area contributed by atoms with E-state index in [0.717, 1.165) is 30.5 Å². The minimum absolute atomic E-state index is 0.193. The zero-order valence-electron chi connectivity index (χ0n) is 21.7. The molecule has 0 amide bonds. The van der Waals surface area contributed by atoms with E-state index in [-0.39, 0.29) is 24.2 Å². The quantitative estimate of drug-likeness (QED) is 0.482. The molecule has 3 aliphatic carbocycles. The van der Waals surface area contributed by atoms with Crippen LogP contribution >= 0.6 is 0 Å².